The lowest BCUT2D eigenvalue weighted by Crippen LogP contribution is -2.30. The van der Waals surface area contributed by atoms with Crippen LogP contribution in [0.5, 0.6) is 0 Å². The Labute approximate surface area is 563 Å². The van der Waals surface area contributed by atoms with Crippen molar-refractivity contribution in [2.45, 2.75) is 283 Å². The van der Waals surface area contributed by atoms with Crippen LogP contribution in [0.3, 0.4) is 0 Å². The molecule has 0 fully saturated rings. The summed E-state index contributed by atoms with van der Waals surface area (Å²) in [7, 11) is -9.79. The van der Waals surface area contributed by atoms with E-state index in [4.69, 9.17) is 32.3 Å². The molecule has 0 spiro atoms. The number of hydrogen-bond acceptors (Lipinski definition) is 14. The van der Waals surface area contributed by atoms with Crippen molar-refractivity contribution in [2.75, 3.05) is 39.6 Å². The number of unbranched alkanes of at least 4 members (excludes halogenated alkanes) is 21. The monoisotopic (exact) mass is 1340 g/mol. The number of esters is 3. The third-order valence-electron chi connectivity index (χ3n) is 14.3. The Morgan fingerprint density at radius 1 is 0.312 bits per heavy atom. The molecule has 0 rings (SSSR count). The lowest BCUT2D eigenvalue weighted by atomic mass is 10.1. The Morgan fingerprint density at radius 2 is 0.570 bits per heavy atom. The molecule has 0 aliphatic rings. The Balaban J connectivity index is 4.47. The number of aliphatic hydroxyl groups is 2. The second-order valence-electron chi connectivity index (χ2n) is 23.3. The van der Waals surface area contributed by atoms with Crippen molar-refractivity contribution in [2.24, 2.45) is 0 Å². The van der Waals surface area contributed by atoms with Gasteiger partial charge >= 0.3 is 33.6 Å². The topological polar surface area (TPSA) is 231 Å². The number of phosphoric ester groups is 2. The molecule has 0 radical (unpaired) electrons. The Hall–Kier alpha value is -4.31. The van der Waals surface area contributed by atoms with Gasteiger partial charge in [-0.05, 0) is 128 Å². The minimum atomic E-state index is -4.93. The number of carbonyl (C=O) groups excluding carboxylic acids is 3. The molecule has 0 aliphatic heterocycles. The van der Waals surface area contributed by atoms with Crippen molar-refractivity contribution in [1.82, 2.24) is 0 Å². The van der Waals surface area contributed by atoms with Gasteiger partial charge in [-0.2, -0.15) is 0 Å². The summed E-state index contributed by atoms with van der Waals surface area (Å²) in [6.07, 6.45) is 79.5. The smallest absolute Gasteiger partial charge is 0.463 e. The van der Waals surface area contributed by atoms with Crippen molar-refractivity contribution >= 4 is 33.6 Å². The molecule has 0 aliphatic carbocycles. The van der Waals surface area contributed by atoms with Crippen LogP contribution in [-0.2, 0) is 55.8 Å². The number of allylic oxidation sites excluding steroid dienone is 22. The van der Waals surface area contributed by atoms with E-state index in [2.05, 4.69) is 154 Å². The molecule has 0 heterocycles. The molecule has 5 atom stereocenters. The number of aliphatic hydroxyl groups excluding tert-OH is 2. The van der Waals surface area contributed by atoms with E-state index in [-0.39, 0.29) is 19.3 Å². The van der Waals surface area contributed by atoms with Gasteiger partial charge in [0.1, 0.15) is 25.4 Å². The molecule has 0 aromatic carbocycles. The van der Waals surface area contributed by atoms with E-state index in [1.54, 1.807) is 0 Å². The highest BCUT2D eigenvalue weighted by molar-refractivity contribution is 7.47. The summed E-state index contributed by atoms with van der Waals surface area (Å²) < 4.78 is 60.8. The fraction of sp³-hybridized carbons (Fsp3) is 0.667. The average Bonchev–Trinajstić information content (AvgIpc) is 2.42. The first-order chi connectivity index (χ1) is 45.2. The van der Waals surface area contributed by atoms with E-state index in [1.807, 2.05) is 0 Å². The van der Waals surface area contributed by atoms with Crippen molar-refractivity contribution < 1.29 is 75.8 Å². The van der Waals surface area contributed by atoms with E-state index in [1.165, 1.54) is 44.9 Å². The third kappa shape index (κ3) is 68.9. The maximum Gasteiger partial charge on any atom is 0.472 e. The largest absolute Gasteiger partial charge is 0.472 e. The van der Waals surface area contributed by atoms with Crippen LogP contribution in [-0.4, -0.2) is 95.9 Å². The average molecular weight is 1350 g/mol. The molecule has 532 valence electrons. The van der Waals surface area contributed by atoms with Gasteiger partial charge < -0.3 is 34.2 Å². The van der Waals surface area contributed by atoms with E-state index < -0.39 is 91.5 Å². The number of rotatable bonds is 66. The zero-order valence-corrected chi connectivity index (χ0v) is 59.4. The van der Waals surface area contributed by atoms with Crippen molar-refractivity contribution in [3.8, 4) is 0 Å². The molecule has 0 amide bonds. The summed E-state index contributed by atoms with van der Waals surface area (Å²) in [5, 5.41) is 20.6. The van der Waals surface area contributed by atoms with E-state index in [0.717, 1.165) is 161 Å². The molecule has 0 saturated heterocycles. The van der Waals surface area contributed by atoms with E-state index in [9.17, 15) is 43.5 Å². The van der Waals surface area contributed by atoms with Gasteiger partial charge in [-0.1, -0.05) is 251 Å². The molecule has 18 heteroatoms. The summed E-state index contributed by atoms with van der Waals surface area (Å²) in [4.78, 5) is 58.3. The van der Waals surface area contributed by atoms with Crippen LogP contribution in [0.4, 0.5) is 0 Å². The molecule has 16 nitrogen and oxygen atoms in total. The van der Waals surface area contributed by atoms with Gasteiger partial charge in [0, 0.05) is 19.3 Å². The molecule has 0 aromatic rings. The SMILES string of the molecule is CC/C=C\C/C=C\C/C=C\C/C=C\C/C=C\C/C=C\CCCCCCCCCCCCC(=O)OCC(O)COP(=O)(O)OCC(O)COP(=O)(O)OCC(COC(=O)CCCCCC/C=C\C/C=C\C/C=C\C/C=C\CC)OC(=O)CCCCCCC/C=C\CCCC. The number of hydrogen-bond donors (Lipinski definition) is 4. The van der Waals surface area contributed by atoms with Crippen LogP contribution in [0.1, 0.15) is 265 Å². The van der Waals surface area contributed by atoms with Crippen LogP contribution in [0.25, 0.3) is 0 Å². The molecule has 0 aromatic heterocycles. The predicted molar refractivity (Wildman–Crippen MR) is 380 cm³/mol. The Morgan fingerprint density at radius 3 is 0.914 bits per heavy atom. The maximum atomic E-state index is 12.9. The minimum absolute atomic E-state index is 0.0857. The van der Waals surface area contributed by atoms with Gasteiger partial charge in [0.05, 0.1) is 26.4 Å². The molecule has 4 N–H and O–H groups in total. The second kappa shape index (κ2) is 67.7. The Kier molecular flexibility index (Phi) is 64.5. The van der Waals surface area contributed by atoms with Crippen LogP contribution in [0.2, 0.25) is 0 Å². The fourth-order valence-corrected chi connectivity index (χ4v) is 10.5. The van der Waals surface area contributed by atoms with Gasteiger partial charge in [0.15, 0.2) is 6.10 Å². The van der Waals surface area contributed by atoms with E-state index >= 15 is 0 Å². The molecule has 5 unspecified atom stereocenters. The Bertz CT molecular complexity index is 2230. The standard InChI is InChI=1S/C75H126O16P2/c1-4-7-10-13-16-19-22-24-26-28-29-30-31-32-33-34-35-36-37-38-39-41-43-44-47-49-52-55-58-61-73(78)85-64-70(76)65-87-92(81,82)88-66-71(77)67-89-93(83,84)90-69-72(91-75(80)63-60-57-54-51-46-21-18-15-12-9-6-3)68-86-74(79)62-59-56-53-50-48-45-42-40-27-25-23-20-17-14-11-8-5-2/h7-8,10-11,15-20,24-27,29-30,32-33,35-36,42,45,70-72,76-77H,4-6,9,12-14,21-23,28,31,34,37-41,43-44,46-69H2,1-3H3,(H,81,82)(H,83,84)/b10-7-,11-8-,18-15-,19-16-,20-17-,26-24-,27-25-,30-29-,33-32-,36-35-,45-42-. The lowest BCUT2D eigenvalue weighted by Gasteiger charge is -2.21. The number of carbonyl (C=O) groups is 3. The summed E-state index contributed by atoms with van der Waals surface area (Å²) in [6.45, 7) is 2.34. The van der Waals surface area contributed by atoms with E-state index in [0.29, 0.717) is 19.3 Å². The highest BCUT2D eigenvalue weighted by atomic mass is 31.2. The first kappa shape index (κ1) is 88.7. The van der Waals surface area contributed by atoms with Crippen molar-refractivity contribution in [1.29, 1.82) is 0 Å². The molecule has 0 bridgehead atoms. The van der Waals surface area contributed by atoms with Crippen LogP contribution >= 0.6 is 15.6 Å². The maximum absolute atomic E-state index is 12.9. The van der Waals surface area contributed by atoms with Gasteiger partial charge in [0.25, 0.3) is 0 Å². The molecular weight excluding hydrogens is 1220 g/mol. The van der Waals surface area contributed by atoms with Crippen LogP contribution < -0.4 is 0 Å². The summed E-state index contributed by atoms with van der Waals surface area (Å²) in [6, 6.07) is 0. The lowest BCUT2D eigenvalue weighted by molar-refractivity contribution is -0.161. The molecular formula is C75H126O16P2. The zero-order valence-electron chi connectivity index (χ0n) is 57.6. The quantitative estimate of drug-likeness (QED) is 0.0146. The van der Waals surface area contributed by atoms with Gasteiger partial charge in [0.2, 0.25) is 0 Å². The highest BCUT2D eigenvalue weighted by Gasteiger charge is 2.29. The van der Waals surface area contributed by atoms with Gasteiger partial charge in [-0.25, -0.2) is 9.13 Å². The van der Waals surface area contributed by atoms with Crippen LogP contribution in [0, 0.1) is 0 Å². The third-order valence-corrected chi connectivity index (χ3v) is 16.2. The van der Waals surface area contributed by atoms with Gasteiger partial charge in [-0.15, -0.1) is 0 Å². The predicted octanol–water partition coefficient (Wildman–Crippen LogP) is 20.0. The highest BCUT2D eigenvalue weighted by Crippen LogP contribution is 2.45. The summed E-state index contributed by atoms with van der Waals surface area (Å²) >= 11 is 0. The first-order valence-corrected chi connectivity index (χ1v) is 38.5. The van der Waals surface area contributed by atoms with Crippen LogP contribution in [0.15, 0.2) is 134 Å². The first-order valence-electron chi connectivity index (χ1n) is 35.5. The molecule has 0 saturated carbocycles. The fourth-order valence-electron chi connectivity index (χ4n) is 8.96. The second-order valence-corrected chi connectivity index (χ2v) is 26.2. The molecule has 93 heavy (non-hydrogen) atoms. The van der Waals surface area contributed by atoms with Gasteiger partial charge in [-0.3, -0.25) is 32.5 Å². The summed E-state index contributed by atoms with van der Waals surface area (Å²) in [5.74, 6) is -1.62. The number of ether oxygens (including phenoxy) is 3. The number of phosphoric acid groups is 2. The van der Waals surface area contributed by atoms with Crippen molar-refractivity contribution in [3.63, 3.8) is 0 Å². The normalized spacial score (nSPS) is 15.0. The van der Waals surface area contributed by atoms with Crippen molar-refractivity contribution in [3.05, 3.63) is 134 Å². The summed E-state index contributed by atoms with van der Waals surface area (Å²) in [5.41, 5.74) is 0. The zero-order chi connectivity index (χ0) is 68.1. The minimum Gasteiger partial charge on any atom is -0.463 e.